The lowest BCUT2D eigenvalue weighted by atomic mass is 10.0. The normalized spacial score (nSPS) is 14.1. The zero-order valence-corrected chi connectivity index (χ0v) is 23.7. The lowest BCUT2D eigenvalue weighted by Crippen LogP contribution is -2.43. The predicted molar refractivity (Wildman–Crippen MR) is 155 cm³/mol. The number of benzene rings is 2. The van der Waals surface area contributed by atoms with Crippen molar-refractivity contribution in [3.63, 3.8) is 0 Å². The highest BCUT2D eigenvalue weighted by Crippen LogP contribution is 2.34. The molecular weight excluding hydrogens is 599 g/mol. The number of nitrogens with one attached hydrogen (secondary N) is 3. The second-order valence-electron chi connectivity index (χ2n) is 9.66. The van der Waals surface area contributed by atoms with Crippen molar-refractivity contribution in [2.75, 3.05) is 36.8 Å². The zero-order chi connectivity index (χ0) is 29.0. The van der Waals surface area contributed by atoms with E-state index in [1.165, 1.54) is 12.1 Å². The number of alkyl halides is 3. The Hall–Kier alpha value is -3.87. The molecule has 0 bridgehead atoms. The first-order valence-corrected chi connectivity index (χ1v) is 13.7. The van der Waals surface area contributed by atoms with Crippen LogP contribution in [0, 0.1) is 6.92 Å². The Morgan fingerprint density at radius 2 is 1.88 bits per heavy atom. The number of carbonyl (C=O) groups excluding carboxylic acids is 1. The average Bonchev–Trinajstić information content (AvgIpc) is 2.95. The molecule has 0 unspecified atom stereocenters. The molecule has 1 saturated heterocycles. The van der Waals surface area contributed by atoms with E-state index in [-0.39, 0.29) is 17.7 Å². The summed E-state index contributed by atoms with van der Waals surface area (Å²) in [4.78, 5) is 28.0. The number of hydrogen-bond acceptors (Lipinski definition) is 7. The molecule has 0 saturated carbocycles. The number of carbonyl (C=O) groups is 1. The summed E-state index contributed by atoms with van der Waals surface area (Å²) >= 11 is 3.41. The lowest BCUT2D eigenvalue weighted by Gasteiger charge is -2.28. The summed E-state index contributed by atoms with van der Waals surface area (Å²) in [6.45, 7) is 4.85. The van der Waals surface area contributed by atoms with Gasteiger partial charge in [0.25, 0.3) is 5.91 Å². The third kappa shape index (κ3) is 7.26. The van der Waals surface area contributed by atoms with Crippen molar-refractivity contribution >= 4 is 39.2 Å². The number of aromatic nitrogens is 3. The van der Waals surface area contributed by atoms with Gasteiger partial charge in [-0.2, -0.15) is 13.2 Å². The highest BCUT2D eigenvalue weighted by atomic mass is 79.9. The number of pyridine rings is 1. The van der Waals surface area contributed by atoms with E-state index in [4.69, 9.17) is 0 Å². The Balaban J connectivity index is 1.33. The van der Waals surface area contributed by atoms with E-state index in [1.807, 2.05) is 17.9 Å². The monoisotopic (exact) mass is 625 g/mol. The number of halogens is 4. The van der Waals surface area contributed by atoms with E-state index in [9.17, 15) is 18.0 Å². The molecular formula is C29H27BrF3N7O. The van der Waals surface area contributed by atoms with Crippen molar-refractivity contribution in [3.8, 4) is 11.3 Å². The first kappa shape index (κ1) is 28.7. The first-order valence-electron chi connectivity index (χ1n) is 12.9. The summed E-state index contributed by atoms with van der Waals surface area (Å²) in [5.41, 5.74) is 2.65. The minimum Gasteiger partial charge on any atom is -0.324 e. The fourth-order valence-corrected chi connectivity index (χ4v) is 4.88. The Labute approximate surface area is 243 Å². The average molecular weight is 626 g/mol. The molecule has 4 aromatic rings. The topological polar surface area (TPSA) is 95.1 Å². The largest absolute Gasteiger partial charge is 0.416 e. The van der Waals surface area contributed by atoms with Crippen LogP contribution in [0.2, 0.25) is 0 Å². The Morgan fingerprint density at radius 1 is 1.07 bits per heavy atom. The van der Waals surface area contributed by atoms with Gasteiger partial charge >= 0.3 is 6.18 Å². The van der Waals surface area contributed by atoms with Crippen LogP contribution >= 0.6 is 15.9 Å². The second kappa shape index (κ2) is 12.3. The van der Waals surface area contributed by atoms with Gasteiger partial charge in [0.05, 0.1) is 11.3 Å². The molecule has 0 atom stereocenters. The van der Waals surface area contributed by atoms with Gasteiger partial charge in [0.15, 0.2) is 0 Å². The maximum atomic E-state index is 13.9. The third-order valence-corrected chi connectivity index (χ3v) is 7.11. The summed E-state index contributed by atoms with van der Waals surface area (Å²) in [6.07, 6.45) is 0.413. The van der Waals surface area contributed by atoms with Crippen molar-refractivity contribution in [1.29, 1.82) is 0 Å². The highest BCUT2D eigenvalue weighted by molar-refractivity contribution is 9.10. The Morgan fingerprint density at radius 3 is 2.63 bits per heavy atom. The molecule has 1 fully saturated rings. The molecule has 1 aliphatic rings. The smallest absolute Gasteiger partial charge is 0.324 e. The van der Waals surface area contributed by atoms with Gasteiger partial charge in [-0.3, -0.25) is 14.7 Å². The molecule has 0 aliphatic carbocycles. The van der Waals surface area contributed by atoms with Crippen LogP contribution in [0.1, 0.15) is 27.0 Å². The van der Waals surface area contributed by atoms with Gasteiger partial charge < -0.3 is 16.0 Å². The van der Waals surface area contributed by atoms with Crippen LogP contribution in [0.3, 0.4) is 0 Å². The van der Waals surface area contributed by atoms with Crippen molar-refractivity contribution < 1.29 is 18.0 Å². The maximum Gasteiger partial charge on any atom is 0.416 e. The van der Waals surface area contributed by atoms with Gasteiger partial charge in [-0.15, -0.1) is 0 Å². The standard InChI is InChI=1S/C29H27BrF3N7O/c1-18-2-5-23(14-26(18)39-28-36-7-6-25(38-28)21-12-22(30)16-35-15-21)37-27(41)19-3-4-20(24(13-19)29(31,32)33)17-40-10-8-34-9-11-40/h2-7,12-16,34H,8-11,17H2,1H3,(H,37,41)(H,36,38,39). The van der Waals surface area contributed by atoms with Crippen molar-refractivity contribution in [2.45, 2.75) is 19.6 Å². The fourth-order valence-electron chi connectivity index (χ4n) is 4.52. The molecule has 0 spiro atoms. The van der Waals surface area contributed by atoms with Gasteiger partial charge in [-0.25, -0.2) is 9.97 Å². The summed E-state index contributed by atoms with van der Waals surface area (Å²) in [5.74, 6) is -0.302. The van der Waals surface area contributed by atoms with E-state index < -0.39 is 17.6 Å². The Kier molecular flexibility index (Phi) is 8.62. The molecule has 41 heavy (non-hydrogen) atoms. The maximum absolute atomic E-state index is 13.9. The fraction of sp³-hybridized carbons (Fsp3) is 0.241. The van der Waals surface area contributed by atoms with Crippen molar-refractivity contribution in [2.24, 2.45) is 0 Å². The summed E-state index contributed by atoms with van der Waals surface area (Å²) in [6, 6.07) is 12.6. The molecule has 12 heteroatoms. The van der Waals surface area contributed by atoms with Crippen molar-refractivity contribution in [1.82, 2.24) is 25.2 Å². The van der Waals surface area contributed by atoms with E-state index >= 15 is 0 Å². The van der Waals surface area contributed by atoms with Crippen molar-refractivity contribution in [3.05, 3.63) is 93.8 Å². The molecule has 5 rings (SSSR count). The van der Waals surface area contributed by atoms with E-state index in [1.54, 1.807) is 42.9 Å². The summed E-state index contributed by atoms with van der Waals surface area (Å²) in [7, 11) is 0. The molecule has 0 radical (unpaired) electrons. The summed E-state index contributed by atoms with van der Waals surface area (Å²) < 4.78 is 42.7. The van der Waals surface area contributed by atoms with Crippen LogP contribution in [-0.2, 0) is 12.7 Å². The molecule has 3 N–H and O–H groups in total. The Bertz CT molecular complexity index is 1560. The number of nitrogens with zero attached hydrogens (tertiary/aromatic N) is 4. The van der Waals surface area contributed by atoms with E-state index in [0.717, 1.165) is 34.8 Å². The van der Waals surface area contributed by atoms with Crippen LogP contribution in [0.15, 0.2) is 71.6 Å². The van der Waals surface area contributed by atoms with Crippen LogP contribution in [0.5, 0.6) is 0 Å². The van der Waals surface area contributed by atoms with Crippen LogP contribution < -0.4 is 16.0 Å². The van der Waals surface area contributed by atoms with E-state index in [0.29, 0.717) is 36.1 Å². The second-order valence-corrected chi connectivity index (χ2v) is 10.6. The third-order valence-electron chi connectivity index (χ3n) is 6.68. The molecule has 212 valence electrons. The molecule has 8 nitrogen and oxygen atoms in total. The molecule has 2 aromatic heterocycles. The number of rotatable bonds is 7. The van der Waals surface area contributed by atoms with Gasteiger partial charge in [0.1, 0.15) is 0 Å². The molecule has 1 aliphatic heterocycles. The van der Waals surface area contributed by atoms with Gasteiger partial charge in [-0.1, -0.05) is 12.1 Å². The van der Waals surface area contributed by atoms with Crippen LogP contribution in [0.25, 0.3) is 11.3 Å². The number of amides is 1. The number of piperazine rings is 1. The predicted octanol–water partition coefficient (Wildman–Crippen LogP) is 6.03. The minimum atomic E-state index is -4.58. The zero-order valence-electron chi connectivity index (χ0n) is 22.1. The highest BCUT2D eigenvalue weighted by Gasteiger charge is 2.34. The summed E-state index contributed by atoms with van der Waals surface area (Å²) in [5, 5.41) is 9.07. The van der Waals surface area contributed by atoms with E-state index in [2.05, 4.69) is 46.8 Å². The van der Waals surface area contributed by atoms with Crippen LogP contribution in [-0.4, -0.2) is 51.9 Å². The van der Waals surface area contributed by atoms with Crippen LogP contribution in [0.4, 0.5) is 30.5 Å². The van der Waals surface area contributed by atoms with Gasteiger partial charge in [0.2, 0.25) is 5.95 Å². The minimum absolute atomic E-state index is 0.0739. The van der Waals surface area contributed by atoms with Gasteiger partial charge in [-0.05, 0) is 70.4 Å². The number of aryl methyl sites for hydroxylation is 1. The number of hydrogen-bond donors (Lipinski definition) is 3. The first-order chi connectivity index (χ1) is 19.7. The SMILES string of the molecule is Cc1ccc(NC(=O)c2ccc(CN3CCNCC3)c(C(F)(F)F)c2)cc1Nc1nccc(-c2cncc(Br)c2)n1. The molecule has 3 heterocycles. The molecule has 1 amide bonds. The number of anilines is 3. The van der Waals surface area contributed by atoms with Gasteiger partial charge in [0, 0.05) is 78.3 Å². The molecule has 2 aromatic carbocycles. The lowest BCUT2D eigenvalue weighted by molar-refractivity contribution is -0.138. The quantitative estimate of drug-likeness (QED) is 0.231.